The Balaban J connectivity index is 1.45. The van der Waals surface area contributed by atoms with Gasteiger partial charge in [0.15, 0.2) is 0 Å². The first-order valence-electron chi connectivity index (χ1n) is 9.97. The second kappa shape index (κ2) is 8.01. The van der Waals surface area contributed by atoms with Crippen LogP contribution in [0.15, 0.2) is 72.8 Å². The highest BCUT2D eigenvalue weighted by Crippen LogP contribution is 2.41. The molecule has 0 radical (unpaired) electrons. The fourth-order valence-corrected chi connectivity index (χ4v) is 5.26. The van der Waals surface area contributed by atoms with Gasteiger partial charge >= 0.3 is 0 Å². The number of para-hydroxylation sites is 3. The second-order valence-corrected chi connectivity index (χ2v) is 8.47. The standard InChI is InChI=1S/C23H18N4O4S/c28-21(13-25-18-10-4-1-7-15(18)16-8-2-5-11-19(16)25)24-26-22(29)14-32-23(26)17-9-3-6-12-20(17)27(30)31/h1-12,23H,13-14H2,(H,24,28). The third kappa shape index (κ3) is 3.36. The maximum atomic E-state index is 13.0. The molecule has 3 aromatic carbocycles. The zero-order valence-electron chi connectivity index (χ0n) is 16.8. The Hall–Kier alpha value is -3.85. The van der Waals surface area contributed by atoms with Gasteiger partial charge in [-0.15, -0.1) is 11.8 Å². The number of amides is 2. The number of thioether (sulfide) groups is 1. The van der Waals surface area contributed by atoms with E-state index in [-0.39, 0.29) is 29.8 Å². The number of aromatic nitrogens is 1. The first-order chi connectivity index (χ1) is 15.5. The molecule has 1 saturated heterocycles. The maximum Gasteiger partial charge on any atom is 0.275 e. The molecule has 8 nitrogen and oxygen atoms in total. The van der Waals surface area contributed by atoms with Crippen molar-refractivity contribution in [1.82, 2.24) is 15.0 Å². The minimum atomic E-state index is -0.661. The van der Waals surface area contributed by atoms with Gasteiger partial charge in [0.05, 0.1) is 16.2 Å². The molecular weight excluding hydrogens is 428 g/mol. The zero-order valence-corrected chi connectivity index (χ0v) is 17.6. The Labute approximate surface area is 186 Å². The Morgan fingerprint density at radius 3 is 2.25 bits per heavy atom. The molecule has 0 saturated carbocycles. The van der Waals surface area contributed by atoms with Crippen molar-refractivity contribution in [2.45, 2.75) is 11.9 Å². The van der Waals surface area contributed by atoms with Crippen LogP contribution in [0.2, 0.25) is 0 Å². The Bertz CT molecular complexity index is 1330. The average molecular weight is 446 g/mol. The summed E-state index contributed by atoms with van der Waals surface area (Å²) in [5.41, 5.74) is 4.83. The van der Waals surface area contributed by atoms with Gasteiger partial charge < -0.3 is 4.57 Å². The number of carbonyl (C=O) groups excluding carboxylic acids is 2. The molecular formula is C23H18N4O4S. The van der Waals surface area contributed by atoms with Crippen molar-refractivity contribution in [3.8, 4) is 0 Å². The van der Waals surface area contributed by atoms with Crippen LogP contribution >= 0.6 is 11.8 Å². The lowest BCUT2D eigenvalue weighted by molar-refractivity contribution is -0.385. The van der Waals surface area contributed by atoms with Crippen molar-refractivity contribution >= 4 is 51.1 Å². The molecule has 1 atom stereocenters. The minimum Gasteiger partial charge on any atom is -0.331 e. The van der Waals surface area contributed by atoms with E-state index in [0.29, 0.717) is 5.56 Å². The summed E-state index contributed by atoms with van der Waals surface area (Å²) in [4.78, 5) is 36.5. The third-order valence-electron chi connectivity index (χ3n) is 5.49. The van der Waals surface area contributed by atoms with Crippen LogP contribution in [-0.4, -0.2) is 32.1 Å². The highest BCUT2D eigenvalue weighted by Gasteiger charge is 2.37. The molecule has 4 aromatic rings. The van der Waals surface area contributed by atoms with Crippen molar-refractivity contribution in [3.63, 3.8) is 0 Å². The van der Waals surface area contributed by atoms with Gasteiger partial charge in [0, 0.05) is 27.9 Å². The van der Waals surface area contributed by atoms with Crippen molar-refractivity contribution in [2.24, 2.45) is 0 Å². The predicted octanol–water partition coefficient (Wildman–Crippen LogP) is 4.01. The number of benzene rings is 3. The van der Waals surface area contributed by atoms with Crippen LogP contribution in [-0.2, 0) is 16.1 Å². The molecule has 1 aliphatic rings. The molecule has 0 bridgehead atoms. The first-order valence-corrected chi connectivity index (χ1v) is 11.0. The van der Waals surface area contributed by atoms with E-state index in [0.717, 1.165) is 21.8 Å². The van der Waals surface area contributed by atoms with Crippen LogP contribution < -0.4 is 5.43 Å². The Kier molecular flexibility index (Phi) is 5.02. The van der Waals surface area contributed by atoms with Crippen LogP contribution in [0.5, 0.6) is 0 Å². The summed E-state index contributed by atoms with van der Waals surface area (Å²) in [5.74, 6) is -0.545. The number of nitrogens with zero attached hydrogens (tertiary/aromatic N) is 3. The minimum absolute atomic E-state index is 0.00603. The molecule has 0 aliphatic carbocycles. The SMILES string of the molecule is O=C(Cn1c2ccccc2c2ccccc21)NN1C(=O)CSC1c1ccccc1[N+](=O)[O-]. The number of hydrogen-bond acceptors (Lipinski definition) is 5. The van der Waals surface area contributed by atoms with Crippen LogP contribution in [0.25, 0.3) is 21.8 Å². The molecule has 5 rings (SSSR count). The zero-order chi connectivity index (χ0) is 22.2. The van der Waals surface area contributed by atoms with Crippen LogP contribution in [0, 0.1) is 10.1 Å². The van der Waals surface area contributed by atoms with E-state index < -0.39 is 10.3 Å². The fourth-order valence-electron chi connectivity index (χ4n) is 4.12. The molecule has 1 aromatic heterocycles. The van der Waals surface area contributed by atoms with E-state index in [1.807, 2.05) is 53.1 Å². The number of carbonyl (C=O) groups is 2. The van der Waals surface area contributed by atoms with E-state index >= 15 is 0 Å². The summed E-state index contributed by atoms with van der Waals surface area (Å²) in [6.07, 6.45) is 0. The number of nitrogens with one attached hydrogen (secondary N) is 1. The van der Waals surface area contributed by atoms with Crippen LogP contribution in [0.4, 0.5) is 5.69 Å². The lowest BCUT2D eigenvalue weighted by atomic mass is 10.1. The highest BCUT2D eigenvalue weighted by molar-refractivity contribution is 8.00. The van der Waals surface area contributed by atoms with Crippen molar-refractivity contribution in [1.29, 1.82) is 0 Å². The van der Waals surface area contributed by atoms with Crippen molar-refractivity contribution < 1.29 is 14.5 Å². The summed E-state index contributed by atoms with van der Waals surface area (Å²) >= 11 is 1.25. The van der Waals surface area contributed by atoms with Gasteiger partial charge in [0.1, 0.15) is 11.9 Å². The molecule has 32 heavy (non-hydrogen) atoms. The molecule has 1 fully saturated rings. The molecule has 2 heterocycles. The Morgan fingerprint density at radius 1 is 1.00 bits per heavy atom. The van der Waals surface area contributed by atoms with E-state index in [1.165, 1.54) is 22.8 Å². The lowest BCUT2D eigenvalue weighted by Crippen LogP contribution is -2.45. The number of fused-ring (bicyclic) bond motifs is 3. The summed E-state index contributed by atoms with van der Waals surface area (Å²) in [5, 5.41) is 14.1. The molecule has 2 amide bonds. The van der Waals surface area contributed by atoms with Gasteiger partial charge in [-0.25, -0.2) is 5.01 Å². The van der Waals surface area contributed by atoms with Gasteiger partial charge in [0.25, 0.3) is 17.5 Å². The summed E-state index contributed by atoms with van der Waals surface area (Å²) in [6.45, 7) is 0.00603. The smallest absolute Gasteiger partial charge is 0.275 e. The largest absolute Gasteiger partial charge is 0.331 e. The third-order valence-corrected chi connectivity index (χ3v) is 6.69. The average Bonchev–Trinajstić information content (AvgIpc) is 3.32. The molecule has 9 heteroatoms. The number of hydrazine groups is 1. The van der Waals surface area contributed by atoms with Crippen molar-refractivity contribution in [2.75, 3.05) is 5.75 Å². The monoisotopic (exact) mass is 446 g/mol. The van der Waals surface area contributed by atoms with Gasteiger partial charge in [-0.2, -0.15) is 0 Å². The number of nitro groups is 1. The summed E-state index contributed by atoms with van der Waals surface area (Å²) in [6, 6.07) is 21.9. The first kappa shape index (κ1) is 20.1. The molecule has 160 valence electrons. The molecule has 1 aliphatic heterocycles. The van der Waals surface area contributed by atoms with E-state index in [2.05, 4.69) is 5.43 Å². The Morgan fingerprint density at radius 2 is 1.59 bits per heavy atom. The second-order valence-electron chi connectivity index (χ2n) is 7.40. The van der Waals surface area contributed by atoms with E-state index in [4.69, 9.17) is 0 Å². The number of rotatable bonds is 5. The van der Waals surface area contributed by atoms with E-state index in [9.17, 15) is 19.7 Å². The molecule has 0 spiro atoms. The molecule has 1 unspecified atom stereocenters. The quantitative estimate of drug-likeness (QED) is 0.369. The van der Waals surface area contributed by atoms with Gasteiger partial charge in [0.2, 0.25) is 0 Å². The van der Waals surface area contributed by atoms with Gasteiger partial charge in [-0.3, -0.25) is 25.1 Å². The number of hydrogen-bond donors (Lipinski definition) is 1. The van der Waals surface area contributed by atoms with Gasteiger partial charge in [-0.1, -0.05) is 48.5 Å². The lowest BCUT2D eigenvalue weighted by Gasteiger charge is -2.24. The van der Waals surface area contributed by atoms with Crippen molar-refractivity contribution in [3.05, 3.63) is 88.5 Å². The molecule has 1 N–H and O–H groups in total. The van der Waals surface area contributed by atoms with Gasteiger partial charge in [-0.05, 0) is 18.2 Å². The summed E-state index contributed by atoms with van der Waals surface area (Å²) < 4.78 is 1.91. The topological polar surface area (TPSA) is 97.5 Å². The maximum absolute atomic E-state index is 13.0. The van der Waals surface area contributed by atoms with E-state index in [1.54, 1.807) is 18.2 Å². The number of nitro benzene ring substituents is 1. The fraction of sp³-hybridized carbons (Fsp3) is 0.130. The predicted molar refractivity (Wildman–Crippen MR) is 123 cm³/mol. The normalized spacial score (nSPS) is 16.1. The highest BCUT2D eigenvalue weighted by atomic mass is 32.2. The summed E-state index contributed by atoms with van der Waals surface area (Å²) in [7, 11) is 0. The van der Waals surface area contributed by atoms with Crippen LogP contribution in [0.3, 0.4) is 0 Å². The van der Waals surface area contributed by atoms with Crippen LogP contribution in [0.1, 0.15) is 10.9 Å².